The summed E-state index contributed by atoms with van der Waals surface area (Å²) < 4.78 is 0. The van der Waals surface area contributed by atoms with Crippen molar-refractivity contribution in [3.63, 3.8) is 0 Å². The zero-order chi connectivity index (χ0) is 13.1. The van der Waals surface area contributed by atoms with Gasteiger partial charge < -0.3 is 11.5 Å². The highest BCUT2D eigenvalue weighted by molar-refractivity contribution is 6.17. The van der Waals surface area contributed by atoms with E-state index in [1.165, 1.54) is 0 Å². The SMILES string of the molecule is NCC(=O)c1cccc2cccc(C(=O)CN)c12. The summed E-state index contributed by atoms with van der Waals surface area (Å²) in [5, 5.41) is 1.49. The van der Waals surface area contributed by atoms with Crippen molar-refractivity contribution >= 4 is 22.3 Å². The van der Waals surface area contributed by atoms with Crippen molar-refractivity contribution in [3.8, 4) is 0 Å². The lowest BCUT2D eigenvalue weighted by atomic mass is 9.95. The van der Waals surface area contributed by atoms with Crippen molar-refractivity contribution < 1.29 is 9.59 Å². The molecule has 4 N–H and O–H groups in total. The Kier molecular flexibility index (Phi) is 3.50. The Morgan fingerprint density at radius 3 is 1.67 bits per heavy atom. The van der Waals surface area contributed by atoms with Gasteiger partial charge in [-0.2, -0.15) is 0 Å². The molecule has 0 aliphatic rings. The fourth-order valence-electron chi connectivity index (χ4n) is 2.03. The first-order valence-electron chi connectivity index (χ1n) is 5.67. The van der Waals surface area contributed by atoms with Gasteiger partial charge in [-0.25, -0.2) is 0 Å². The van der Waals surface area contributed by atoms with Crippen LogP contribution < -0.4 is 11.5 Å². The second kappa shape index (κ2) is 5.08. The van der Waals surface area contributed by atoms with E-state index in [2.05, 4.69) is 0 Å². The van der Waals surface area contributed by atoms with Crippen LogP contribution in [0, 0.1) is 0 Å². The molecule has 0 radical (unpaired) electrons. The summed E-state index contributed by atoms with van der Waals surface area (Å²) in [6.45, 7) is -0.158. The minimum atomic E-state index is -0.183. The van der Waals surface area contributed by atoms with Gasteiger partial charge in [0.2, 0.25) is 0 Å². The Bertz CT molecular complexity index is 569. The monoisotopic (exact) mass is 242 g/mol. The van der Waals surface area contributed by atoms with E-state index >= 15 is 0 Å². The summed E-state index contributed by atoms with van der Waals surface area (Å²) in [6, 6.07) is 10.6. The number of benzene rings is 2. The van der Waals surface area contributed by atoms with Crippen LogP contribution in [-0.2, 0) is 0 Å². The van der Waals surface area contributed by atoms with Gasteiger partial charge in [0.25, 0.3) is 0 Å². The molecule has 0 unspecified atom stereocenters. The van der Waals surface area contributed by atoms with E-state index in [-0.39, 0.29) is 24.7 Å². The molecular weight excluding hydrogens is 228 g/mol. The lowest BCUT2D eigenvalue weighted by Gasteiger charge is -2.09. The maximum absolute atomic E-state index is 11.8. The van der Waals surface area contributed by atoms with E-state index in [0.717, 1.165) is 5.39 Å². The zero-order valence-electron chi connectivity index (χ0n) is 9.85. The summed E-state index contributed by atoms with van der Waals surface area (Å²) in [5.74, 6) is -0.365. The topological polar surface area (TPSA) is 86.2 Å². The van der Waals surface area contributed by atoms with Gasteiger partial charge in [-0.05, 0) is 5.39 Å². The minimum Gasteiger partial charge on any atom is -0.324 e. The molecule has 0 saturated heterocycles. The molecule has 0 heterocycles. The standard InChI is InChI=1S/C14H14N2O2/c15-7-12(17)10-5-1-3-9-4-2-6-11(14(9)10)13(18)8-16/h1-6H,7-8,15-16H2. The van der Waals surface area contributed by atoms with Gasteiger partial charge in [0.15, 0.2) is 11.6 Å². The van der Waals surface area contributed by atoms with Crippen molar-refractivity contribution in [1.29, 1.82) is 0 Å². The summed E-state index contributed by atoms with van der Waals surface area (Å²) >= 11 is 0. The maximum atomic E-state index is 11.8. The van der Waals surface area contributed by atoms with Crippen LogP contribution in [0.1, 0.15) is 20.7 Å². The minimum absolute atomic E-state index is 0.0791. The molecular formula is C14H14N2O2. The number of ketones is 2. The fourth-order valence-corrected chi connectivity index (χ4v) is 2.03. The van der Waals surface area contributed by atoms with Crippen LogP contribution in [0.15, 0.2) is 36.4 Å². The number of hydrogen-bond donors (Lipinski definition) is 2. The maximum Gasteiger partial charge on any atom is 0.177 e. The first-order chi connectivity index (χ1) is 8.69. The number of Topliss-reactive ketones (excluding diaryl/α,β-unsaturated/α-hetero) is 2. The highest BCUT2D eigenvalue weighted by atomic mass is 16.1. The van der Waals surface area contributed by atoms with Crippen LogP contribution >= 0.6 is 0 Å². The highest BCUT2D eigenvalue weighted by Crippen LogP contribution is 2.23. The van der Waals surface area contributed by atoms with Crippen molar-refractivity contribution in [1.82, 2.24) is 0 Å². The summed E-state index contributed by atoms with van der Waals surface area (Å²) in [4.78, 5) is 23.6. The Balaban J connectivity index is 2.80. The number of carbonyl (C=O) groups excluding carboxylic acids is 2. The molecule has 0 aliphatic carbocycles. The number of rotatable bonds is 4. The summed E-state index contributed by atoms with van der Waals surface area (Å²) in [5.41, 5.74) is 11.7. The molecule has 0 aromatic heterocycles. The molecule has 4 nitrogen and oxygen atoms in total. The van der Waals surface area contributed by atoms with Gasteiger partial charge in [0.05, 0.1) is 13.1 Å². The van der Waals surface area contributed by atoms with E-state index < -0.39 is 0 Å². The highest BCUT2D eigenvalue weighted by Gasteiger charge is 2.14. The number of fused-ring (bicyclic) bond motifs is 1. The average Bonchev–Trinajstić information content (AvgIpc) is 2.44. The van der Waals surface area contributed by atoms with Crippen LogP contribution in [-0.4, -0.2) is 24.7 Å². The average molecular weight is 242 g/mol. The lowest BCUT2D eigenvalue weighted by molar-refractivity contribution is 0.1000. The lowest BCUT2D eigenvalue weighted by Crippen LogP contribution is -2.17. The van der Waals surface area contributed by atoms with Gasteiger partial charge in [0.1, 0.15) is 0 Å². The smallest absolute Gasteiger partial charge is 0.177 e. The van der Waals surface area contributed by atoms with E-state index in [4.69, 9.17) is 11.5 Å². The molecule has 18 heavy (non-hydrogen) atoms. The summed E-state index contributed by atoms with van der Waals surface area (Å²) in [6.07, 6.45) is 0. The molecule has 0 fully saturated rings. The van der Waals surface area contributed by atoms with Crippen molar-refractivity contribution in [2.75, 3.05) is 13.1 Å². The fraction of sp³-hybridized carbons (Fsp3) is 0.143. The molecule has 2 aromatic carbocycles. The molecule has 92 valence electrons. The van der Waals surface area contributed by atoms with Gasteiger partial charge in [0, 0.05) is 16.5 Å². The molecule has 4 heteroatoms. The zero-order valence-corrected chi connectivity index (χ0v) is 9.85. The number of carbonyl (C=O) groups is 2. The van der Waals surface area contributed by atoms with Crippen molar-refractivity contribution in [2.24, 2.45) is 11.5 Å². The van der Waals surface area contributed by atoms with E-state index in [0.29, 0.717) is 16.5 Å². The Hall–Kier alpha value is -2.04. The van der Waals surface area contributed by atoms with Gasteiger partial charge in [-0.1, -0.05) is 36.4 Å². The van der Waals surface area contributed by atoms with Crippen LogP contribution in [0.25, 0.3) is 10.8 Å². The molecule has 0 atom stereocenters. The van der Waals surface area contributed by atoms with Crippen LogP contribution in [0.4, 0.5) is 0 Å². The first kappa shape index (κ1) is 12.4. The van der Waals surface area contributed by atoms with Crippen LogP contribution in [0.3, 0.4) is 0 Å². The Morgan fingerprint density at radius 2 is 1.28 bits per heavy atom. The Labute approximate surface area is 105 Å². The molecule has 2 aromatic rings. The molecule has 0 spiro atoms. The number of hydrogen-bond acceptors (Lipinski definition) is 4. The quantitative estimate of drug-likeness (QED) is 0.787. The van der Waals surface area contributed by atoms with Gasteiger partial charge in [-0.15, -0.1) is 0 Å². The van der Waals surface area contributed by atoms with Crippen LogP contribution in [0.2, 0.25) is 0 Å². The van der Waals surface area contributed by atoms with E-state index in [9.17, 15) is 9.59 Å². The summed E-state index contributed by atoms with van der Waals surface area (Å²) in [7, 11) is 0. The Morgan fingerprint density at radius 1 is 0.833 bits per heavy atom. The van der Waals surface area contributed by atoms with Gasteiger partial charge >= 0.3 is 0 Å². The van der Waals surface area contributed by atoms with Crippen LogP contribution in [0.5, 0.6) is 0 Å². The molecule has 0 aliphatic heterocycles. The predicted molar refractivity (Wildman–Crippen MR) is 70.7 cm³/mol. The molecule has 0 bridgehead atoms. The van der Waals surface area contributed by atoms with Crippen molar-refractivity contribution in [3.05, 3.63) is 47.5 Å². The predicted octanol–water partition coefficient (Wildman–Crippen LogP) is 1.12. The first-order valence-corrected chi connectivity index (χ1v) is 5.67. The third-order valence-electron chi connectivity index (χ3n) is 2.88. The molecule has 2 rings (SSSR count). The van der Waals surface area contributed by atoms with Crippen molar-refractivity contribution in [2.45, 2.75) is 0 Å². The second-order valence-corrected chi connectivity index (χ2v) is 3.96. The number of nitrogens with two attached hydrogens (primary N) is 2. The largest absolute Gasteiger partial charge is 0.324 e. The third kappa shape index (κ3) is 2.03. The normalized spacial score (nSPS) is 10.6. The molecule has 0 amide bonds. The second-order valence-electron chi connectivity index (χ2n) is 3.96. The van der Waals surface area contributed by atoms with E-state index in [1.54, 1.807) is 24.3 Å². The third-order valence-corrected chi connectivity index (χ3v) is 2.88. The van der Waals surface area contributed by atoms with E-state index in [1.807, 2.05) is 12.1 Å². The molecule has 0 saturated carbocycles. The van der Waals surface area contributed by atoms with Gasteiger partial charge in [-0.3, -0.25) is 9.59 Å².